The molecule has 0 radical (unpaired) electrons. The van der Waals surface area contributed by atoms with Gasteiger partial charge in [-0.15, -0.1) is 0 Å². The van der Waals surface area contributed by atoms with Gasteiger partial charge in [-0.05, 0) is 43.3 Å². The van der Waals surface area contributed by atoms with Gasteiger partial charge in [0.2, 0.25) is 0 Å². The van der Waals surface area contributed by atoms with Gasteiger partial charge in [0.25, 0.3) is 0 Å². The van der Waals surface area contributed by atoms with Gasteiger partial charge in [0.05, 0.1) is 6.61 Å². The molecule has 0 aromatic heterocycles. The lowest BCUT2D eigenvalue weighted by Gasteiger charge is -2.25. The summed E-state index contributed by atoms with van der Waals surface area (Å²) in [7, 11) is -2.09. The topological polar surface area (TPSA) is 9.23 Å². The number of halogens is 1. The van der Waals surface area contributed by atoms with E-state index in [1.54, 1.807) is 0 Å². The minimum absolute atomic E-state index is 0. The Morgan fingerprint density at radius 2 is 0.968 bits per heavy atom. The number of ether oxygens (including phenoxy) is 1. The SMILES string of the molecule is CCOC(=C[P+](c1ccccc1)(c1ccccc1)c1ccccc1)c1ccccc1.[I-]. The van der Waals surface area contributed by atoms with Crippen molar-refractivity contribution in [1.82, 2.24) is 0 Å². The quantitative estimate of drug-likeness (QED) is 0.201. The molecule has 0 spiro atoms. The van der Waals surface area contributed by atoms with Crippen molar-refractivity contribution in [2.45, 2.75) is 6.92 Å². The van der Waals surface area contributed by atoms with Gasteiger partial charge >= 0.3 is 0 Å². The molecule has 0 bridgehead atoms. The Bertz CT molecular complexity index is 984. The van der Waals surface area contributed by atoms with E-state index in [4.69, 9.17) is 4.74 Å². The highest BCUT2D eigenvalue weighted by molar-refractivity contribution is 7.98. The summed E-state index contributed by atoms with van der Waals surface area (Å²) in [6.45, 7) is 2.67. The van der Waals surface area contributed by atoms with Crippen LogP contribution in [0.2, 0.25) is 0 Å². The van der Waals surface area contributed by atoms with Crippen molar-refractivity contribution in [3.8, 4) is 0 Å². The third-order valence-corrected chi connectivity index (χ3v) is 9.12. The normalized spacial score (nSPS) is 11.5. The van der Waals surface area contributed by atoms with Crippen molar-refractivity contribution in [3.05, 3.63) is 133 Å². The van der Waals surface area contributed by atoms with Crippen LogP contribution in [0.1, 0.15) is 12.5 Å². The number of hydrogen-bond donors (Lipinski definition) is 0. The van der Waals surface area contributed by atoms with E-state index in [-0.39, 0.29) is 24.0 Å². The lowest BCUT2D eigenvalue weighted by Crippen LogP contribution is -3.00. The molecule has 1 nitrogen and oxygen atoms in total. The molecule has 0 unspecified atom stereocenters. The van der Waals surface area contributed by atoms with Gasteiger partial charge in [-0.3, -0.25) is 0 Å². The molecule has 31 heavy (non-hydrogen) atoms. The molecule has 3 heteroatoms. The van der Waals surface area contributed by atoms with Crippen LogP contribution in [0.25, 0.3) is 5.76 Å². The maximum absolute atomic E-state index is 6.24. The Hall–Kier alpha value is -2.42. The van der Waals surface area contributed by atoms with Crippen LogP contribution in [0.4, 0.5) is 0 Å². The van der Waals surface area contributed by atoms with E-state index >= 15 is 0 Å². The summed E-state index contributed by atoms with van der Waals surface area (Å²) in [6, 6.07) is 42.9. The van der Waals surface area contributed by atoms with Gasteiger partial charge in [-0.1, -0.05) is 84.9 Å². The standard InChI is InChI=1S/C28H26OP.HI/c1-2-29-28(24-15-7-3-8-16-24)23-30(25-17-9-4-10-18-25,26-19-11-5-12-20-26)27-21-13-6-14-22-27;/h3-23H,2H2,1H3;1H/q+1;/p-1. The molecule has 0 N–H and O–H groups in total. The first-order valence-electron chi connectivity index (χ1n) is 10.3. The minimum atomic E-state index is -2.09. The third kappa shape index (κ3) is 5.08. The first kappa shape index (κ1) is 23.2. The van der Waals surface area contributed by atoms with Gasteiger partial charge in [0, 0.05) is 5.56 Å². The second kappa shape index (κ2) is 11.3. The zero-order valence-corrected chi connectivity index (χ0v) is 20.6. The van der Waals surface area contributed by atoms with Crippen LogP contribution < -0.4 is 39.9 Å². The van der Waals surface area contributed by atoms with E-state index in [0.29, 0.717) is 6.61 Å². The minimum Gasteiger partial charge on any atom is -1.00 e. The summed E-state index contributed by atoms with van der Waals surface area (Å²) >= 11 is 0. The largest absolute Gasteiger partial charge is 1.00 e. The van der Waals surface area contributed by atoms with Crippen molar-refractivity contribution in [2.75, 3.05) is 6.61 Å². The Balaban J connectivity index is 0.00000272. The Morgan fingerprint density at radius 3 is 1.32 bits per heavy atom. The van der Waals surface area contributed by atoms with E-state index in [9.17, 15) is 0 Å². The van der Waals surface area contributed by atoms with Crippen LogP contribution in [0.15, 0.2) is 127 Å². The van der Waals surface area contributed by atoms with Crippen LogP contribution >= 0.6 is 7.26 Å². The summed E-state index contributed by atoms with van der Waals surface area (Å²) in [4.78, 5) is 0. The summed E-state index contributed by atoms with van der Waals surface area (Å²) in [6.07, 6.45) is 0. The molecule has 0 heterocycles. The highest BCUT2D eigenvalue weighted by atomic mass is 127. The molecule has 0 amide bonds. The van der Waals surface area contributed by atoms with Crippen LogP contribution in [0.5, 0.6) is 0 Å². The fourth-order valence-corrected chi connectivity index (χ4v) is 7.63. The zero-order valence-electron chi connectivity index (χ0n) is 17.6. The number of hydrogen-bond acceptors (Lipinski definition) is 1. The molecule has 4 aromatic carbocycles. The smallest absolute Gasteiger partial charge is 0.162 e. The summed E-state index contributed by atoms with van der Waals surface area (Å²) in [5.41, 5.74) is 1.10. The number of benzene rings is 4. The molecule has 0 fully saturated rings. The average Bonchev–Trinajstić information content (AvgIpc) is 2.84. The van der Waals surface area contributed by atoms with Crippen LogP contribution in [0.3, 0.4) is 0 Å². The fraction of sp³-hybridized carbons (Fsp3) is 0.0714. The molecule has 0 aliphatic carbocycles. The summed E-state index contributed by atoms with van der Waals surface area (Å²) in [5, 5.41) is 3.95. The maximum atomic E-state index is 6.24. The van der Waals surface area contributed by atoms with E-state index in [1.165, 1.54) is 15.9 Å². The zero-order chi connectivity index (χ0) is 20.7. The highest BCUT2D eigenvalue weighted by Crippen LogP contribution is 2.58. The Kier molecular flexibility index (Phi) is 8.45. The molecule has 0 saturated heterocycles. The second-order valence-electron chi connectivity index (χ2n) is 7.02. The van der Waals surface area contributed by atoms with E-state index < -0.39 is 7.26 Å². The Morgan fingerprint density at radius 1 is 0.613 bits per heavy atom. The second-order valence-corrected chi connectivity index (χ2v) is 10.3. The molecule has 0 aliphatic heterocycles. The predicted molar refractivity (Wildman–Crippen MR) is 131 cm³/mol. The van der Waals surface area contributed by atoms with Crippen molar-refractivity contribution in [3.63, 3.8) is 0 Å². The molecule has 0 saturated carbocycles. The summed E-state index contributed by atoms with van der Waals surface area (Å²) < 4.78 is 6.24. The van der Waals surface area contributed by atoms with E-state index in [2.05, 4.69) is 121 Å². The van der Waals surface area contributed by atoms with Crippen LogP contribution in [-0.2, 0) is 4.74 Å². The van der Waals surface area contributed by atoms with Crippen molar-refractivity contribution in [1.29, 1.82) is 0 Å². The van der Waals surface area contributed by atoms with Gasteiger partial charge in [0.1, 0.15) is 29.0 Å². The third-order valence-electron chi connectivity index (χ3n) is 5.16. The lowest BCUT2D eigenvalue weighted by molar-refractivity contribution is -0.00000650. The van der Waals surface area contributed by atoms with Crippen LogP contribution in [-0.4, -0.2) is 6.61 Å². The molecule has 156 valence electrons. The fourth-order valence-electron chi connectivity index (χ4n) is 3.79. The lowest BCUT2D eigenvalue weighted by atomic mass is 10.2. The van der Waals surface area contributed by atoms with Crippen LogP contribution in [0, 0.1) is 0 Å². The first-order chi connectivity index (χ1) is 14.8. The first-order valence-corrected chi connectivity index (χ1v) is 12.2. The van der Waals surface area contributed by atoms with E-state index in [0.717, 1.165) is 11.3 Å². The predicted octanol–water partition coefficient (Wildman–Crippen LogP) is 3.02. The van der Waals surface area contributed by atoms with Crippen molar-refractivity contribution < 1.29 is 28.7 Å². The molecule has 0 atom stereocenters. The monoisotopic (exact) mass is 536 g/mol. The van der Waals surface area contributed by atoms with Gasteiger partial charge in [0.15, 0.2) is 5.76 Å². The van der Waals surface area contributed by atoms with Gasteiger partial charge in [-0.2, -0.15) is 0 Å². The van der Waals surface area contributed by atoms with E-state index in [1.807, 2.05) is 13.0 Å². The van der Waals surface area contributed by atoms with Gasteiger partial charge in [-0.25, -0.2) is 0 Å². The highest BCUT2D eigenvalue weighted by Gasteiger charge is 2.44. The number of rotatable bonds is 7. The molecule has 4 rings (SSSR count). The molecular weight excluding hydrogens is 510 g/mol. The van der Waals surface area contributed by atoms with Crippen molar-refractivity contribution in [2.24, 2.45) is 0 Å². The molecule has 0 aliphatic rings. The molecule has 4 aromatic rings. The maximum Gasteiger partial charge on any atom is 0.162 e. The Labute approximate surface area is 203 Å². The average molecular weight is 536 g/mol. The molecular formula is C28H26IOP. The summed E-state index contributed by atoms with van der Waals surface area (Å²) in [5.74, 6) is 3.33. The van der Waals surface area contributed by atoms with Crippen molar-refractivity contribution >= 4 is 28.9 Å². The van der Waals surface area contributed by atoms with Gasteiger partial charge < -0.3 is 28.7 Å².